The Balaban J connectivity index is 1.18. The molecule has 4 rings (SSSR count). The molecule has 1 aliphatic heterocycles. The van der Waals surface area contributed by atoms with Crippen molar-refractivity contribution in [3.05, 3.63) is 59.7 Å². The van der Waals surface area contributed by atoms with Crippen LogP contribution in [-0.2, 0) is 28.5 Å². The van der Waals surface area contributed by atoms with Crippen molar-refractivity contribution in [3.8, 4) is 11.1 Å². The van der Waals surface area contributed by atoms with E-state index in [1.807, 2.05) is 56.9 Å². The van der Waals surface area contributed by atoms with Crippen LogP contribution in [0.1, 0.15) is 76.8 Å². The maximum atomic E-state index is 13.1. The van der Waals surface area contributed by atoms with Crippen molar-refractivity contribution < 1.29 is 33.3 Å². The fourth-order valence-electron chi connectivity index (χ4n) is 5.95. The Morgan fingerprint density at radius 3 is 2.02 bits per heavy atom. The smallest absolute Gasteiger partial charge is 0.409 e. The van der Waals surface area contributed by atoms with E-state index >= 15 is 0 Å². The molecule has 0 atom stereocenters. The molecule has 1 fully saturated rings. The molecule has 2 aromatic rings. The monoisotopic (exact) mass is 608 g/mol. The van der Waals surface area contributed by atoms with Gasteiger partial charge in [-0.05, 0) is 62.3 Å². The quantitative estimate of drug-likeness (QED) is 0.198. The van der Waals surface area contributed by atoms with Crippen molar-refractivity contribution in [2.45, 2.75) is 77.4 Å². The van der Waals surface area contributed by atoms with Gasteiger partial charge in [-0.1, -0.05) is 55.5 Å². The average Bonchev–Trinajstić information content (AvgIpc) is 3.32. The maximum Gasteiger partial charge on any atom is 0.409 e. The second-order valence-electron chi connectivity index (χ2n) is 12.4. The normalized spacial score (nSPS) is 15.0. The van der Waals surface area contributed by atoms with Crippen LogP contribution >= 0.6 is 0 Å². The summed E-state index contributed by atoms with van der Waals surface area (Å²) >= 11 is 0. The number of hydrogen-bond donors (Lipinski definition) is 0. The fourth-order valence-corrected chi connectivity index (χ4v) is 5.95. The summed E-state index contributed by atoms with van der Waals surface area (Å²) in [7, 11) is 0. The van der Waals surface area contributed by atoms with Crippen LogP contribution in [0.5, 0.6) is 0 Å². The second kappa shape index (κ2) is 16.0. The zero-order valence-corrected chi connectivity index (χ0v) is 26.7. The van der Waals surface area contributed by atoms with Crippen LogP contribution in [0.25, 0.3) is 11.1 Å². The van der Waals surface area contributed by atoms with Crippen LogP contribution < -0.4 is 0 Å². The number of esters is 1. The SMILES string of the molecule is CCCC(=O)N(CCOCCOCCC(=O)OC(C)(C)C)C1CCN(C(=O)OCC2c3ccccc3-c3ccccc32)CC1. The van der Waals surface area contributed by atoms with Gasteiger partial charge in [-0.15, -0.1) is 0 Å². The van der Waals surface area contributed by atoms with Gasteiger partial charge in [-0.2, -0.15) is 0 Å². The van der Waals surface area contributed by atoms with Crippen molar-refractivity contribution in [1.82, 2.24) is 9.80 Å². The molecule has 0 saturated carbocycles. The van der Waals surface area contributed by atoms with E-state index in [-0.39, 0.29) is 43.0 Å². The fraction of sp³-hybridized carbons (Fsp3) is 0.571. The Morgan fingerprint density at radius 1 is 0.841 bits per heavy atom. The highest BCUT2D eigenvalue weighted by molar-refractivity contribution is 5.79. The highest BCUT2D eigenvalue weighted by Gasteiger charge is 2.32. The van der Waals surface area contributed by atoms with Gasteiger partial charge < -0.3 is 28.7 Å². The van der Waals surface area contributed by atoms with Gasteiger partial charge in [0.1, 0.15) is 12.2 Å². The van der Waals surface area contributed by atoms with Crippen molar-refractivity contribution in [2.75, 3.05) is 52.7 Å². The number of amides is 2. The minimum absolute atomic E-state index is 0.0291. The predicted octanol–water partition coefficient (Wildman–Crippen LogP) is 5.79. The molecule has 0 N–H and O–H groups in total. The lowest BCUT2D eigenvalue weighted by molar-refractivity contribution is -0.156. The molecule has 1 saturated heterocycles. The first-order chi connectivity index (χ1) is 21.2. The Morgan fingerprint density at radius 2 is 1.43 bits per heavy atom. The van der Waals surface area contributed by atoms with E-state index < -0.39 is 5.60 Å². The minimum Gasteiger partial charge on any atom is -0.460 e. The van der Waals surface area contributed by atoms with Crippen molar-refractivity contribution >= 4 is 18.0 Å². The maximum absolute atomic E-state index is 13.1. The van der Waals surface area contributed by atoms with Crippen LogP contribution in [0.4, 0.5) is 4.79 Å². The third-order valence-electron chi connectivity index (χ3n) is 8.00. The Labute approximate surface area is 261 Å². The van der Waals surface area contributed by atoms with Gasteiger partial charge in [0.25, 0.3) is 0 Å². The number of hydrogen-bond acceptors (Lipinski definition) is 7. The molecule has 1 aliphatic carbocycles. The zero-order chi connectivity index (χ0) is 31.5. The standard InChI is InChI=1S/C35H48N2O7/c1-5-10-32(38)37(20-22-42-24-23-41-21-17-33(39)44-35(2,3)4)26-15-18-36(19-16-26)34(40)43-25-31-29-13-8-6-11-27(29)28-12-7-9-14-30(28)31/h6-9,11-14,26,31H,5,10,15-25H2,1-4H3. The molecule has 1 heterocycles. The number of carbonyl (C=O) groups excluding carboxylic acids is 3. The van der Waals surface area contributed by atoms with Gasteiger partial charge in [0.05, 0.1) is 32.8 Å². The first kappa shape index (κ1) is 33.5. The van der Waals surface area contributed by atoms with Crippen molar-refractivity contribution in [2.24, 2.45) is 0 Å². The lowest BCUT2D eigenvalue weighted by Crippen LogP contribution is -2.50. The highest BCUT2D eigenvalue weighted by Crippen LogP contribution is 2.44. The topological polar surface area (TPSA) is 94.6 Å². The van der Waals surface area contributed by atoms with Gasteiger partial charge in [0.15, 0.2) is 0 Å². The van der Waals surface area contributed by atoms with E-state index in [4.69, 9.17) is 18.9 Å². The number of carbonyl (C=O) groups is 3. The number of fused-ring (bicyclic) bond motifs is 3. The molecule has 240 valence electrons. The minimum atomic E-state index is -0.503. The van der Waals surface area contributed by atoms with E-state index in [0.717, 1.165) is 6.42 Å². The van der Waals surface area contributed by atoms with Crippen molar-refractivity contribution in [3.63, 3.8) is 0 Å². The summed E-state index contributed by atoms with van der Waals surface area (Å²) in [5, 5.41) is 0. The first-order valence-corrected chi connectivity index (χ1v) is 15.9. The summed E-state index contributed by atoms with van der Waals surface area (Å²) < 4.78 is 22.4. The molecule has 0 radical (unpaired) electrons. The Bertz CT molecular complexity index is 1200. The number of piperidine rings is 1. The molecule has 2 aromatic carbocycles. The van der Waals surface area contributed by atoms with Crippen LogP contribution in [0.3, 0.4) is 0 Å². The summed E-state index contributed by atoms with van der Waals surface area (Å²) in [5.41, 5.74) is 4.30. The van der Waals surface area contributed by atoms with E-state index in [9.17, 15) is 14.4 Å². The molecule has 2 amide bonds. The molecule has 9 heteroatoms. The number of nitrogens with zero attached hydrogens (tertiary/aromatic N) is 2. The Kier molecular flexibility index (Phi) is 12.2. The molecular weight excluding hydrogens is 560 g/mol. The van der Waals surface area contributed by atoms with Gasteiger partial charge in [-0.3, -0.25) is 9.59 Å². The van der Waals surface area contributed by atoms with E-state index in [1.54, 1.807) is 4.90 Å². The summed E-state index contributed by atoms with van der Waals surface area (Å²) in [5.74, 6) is -0.140. The van der Waals surface area contributed by atoms with E-state index in [1.165, 1.54) is 22.3 Å². The molecule has 0 aromatic heterocycles. The van der Waals surface area contributed by atoms with Gasteiger partial charge in [0, 0.05) is 38.0 Å². The highest BCUT2D eigenvalue weighted by atomic mass is 16.6. The number of benzene rings is 2. The molecule has 2 aliphatic rings. The molecule has 0 unspecified atom stereocenters. The average molecular weight is 609 g/mol. The molecule has 0 spiro atoms. The lowest BCUT2D eigenvalue weighted by Gasteiger charge is -2.38. The number of ether oxygens (including phenoxy) is 4. The predicted molar refractivity (Wildman–Crippen MR) is 168 cm³/mol. The van der Waals surface area contributed by atoms with Crippen LogP contribution in [0.2, 0.25) is 0 Å². The molecule has 44 heavy (non-hydrogen) atoms. The third-order valence-corrected chi connectivity index (χ3v) is 8.00. The third kappa shape index (κ3) is 9.29. The molecule has 9 nitrogen and oxygen atoms in total. The van der Waals surface area contributed by atoms with Crippen LogP contribution in [-0.4, -0.2) is 92.1 Å². The van der Waals surface area contributed by atoms with Gasteiger partial charge in [-0.25, -0.2) is 4.79 Å². The molecule has 0 bridgehead atoms. The summed E-state index contributed by atoms with van der Waals surface area (Å²) in [6, 6.07) is 16.7. The number of rotatable bonds is 14. The first-order valence-electron chi connectivity index (χ1n) is 15.9. The molecular formula is C35H48N2O7. The van der Waals surface area contributed by atoms with Crippen LogP contribution in [0, 0.1) is 0 Å². The summed E-state index contributed by atoms with van der Waals surface area (Å²) in [4.78, 5) is 41.5. The summed E-state index contributed by atoms with van der Waals surface area (Å²) in [6.07, 6.45) is 2.57. The largest absolute Gasteiger partial charge is 0.460 e. The van der Waals surface area contributed by atoms with E-state index in [0.29, 0.717) is 65.3 Å². The second-order valence-corrected chi connectivity index (χ2v) is 12.4. The van der Waals surface area contributed by atoms with Gasteiger partial charge in [0.2, 0.25) is 5.91 Å². The lowest BCUT2D eigenvalue weighted by atomic mass is 9.98. The van der Waals surface area contributed by atoms with Crippen LogP contribution in [0.15, 0.2) is 48.5 Å². The Hall–Kier alpha value is -3.43. The number of likely N-dealkylation sites (tertiary alicyclic amines) is 1. The zero-order valence-electron chi connectivity index (χ0n) is 26.7. The van der Waals surface area contributed by atoms with Crippen molar-refractivity contribution in [1.29, 1.82) is 0 Å². The summed E-state index contributed by atoms with van der Waals surface area (Å²) in [6.45, 7) is 10.8. The van der Waals surface area contributed by atoms with Gasteiger partial charge >= 0.3 is 12.1 Å². The van der Waals surface area contributed by atoms with E-state index in [2.05, 4.69) is 24.3 Å².